The predicted molar refractivity (Wildman–Crippen MR) is 92.6 cm³/mol. The van der Waals surface area contributed by atoms with Crippen LogP contribution in [-0.4, -0.2) is 61.0 Å². The minimum absolute atomic E-state index is 0.000657. The van der Waals surface area contributed by atoms with E-state index in [1.165, 1.54) is 11.1 Å². The number of amides is 3. The molecule has 1 unspecified atom stereocenters. The molecule has 0 bridgehead atoms. The van der Waals surface area contributed by atoms with Crippen LogP contribution in [0.3, 0.4) is 0 Å². The highest BCUT2D eigenvalue weighted by atomic mass is 16.2. The Labute approximate surface area is 143 Å². The van der Waals surface area contributed by atoms with Crippen LogP contribution in [0.25, 0.3) is 0 Å². The smallest absolute Gasteiger partial charge is 0.318 e. The zero-order valence-electron chi connectivity index (χ0n) is 14.3. The normalized spacial score (nSPS) is 20.5. The van der Waals surface area contributed by atoms with Gasteiger partial charge in [0.15, 0.2) is 0 Å². The highest BCUT2D eigenvalue weighted by Crippen LogP contribution is 2.18. The van der Waals surface area contributed by atoms with Gasteiger partial charge in [0.05, 0.1) is 6.54 Å². The van der Waals surface area contributed by atoms with Gasteiger partial charge >= 0.3 is 6.03 Å². The third-order valence-corrected chi connectivity index (χ3v) is 4.99. The van der Waals surface area contributed by atoms with Crippen molar-refractivity contribution in [2.24, 2.45) is 0 Å². The summed E-state index contributed by atoms with van der Waals surface area (Å²) in [4.78, 5) is 28.3. The maximum Gasteiger partial charge on any atom is 0.318 e. The SMILES string of the molecule is CNC1CCCN(C(=O)CNC(=O)N2CCc3ccccc3C2)C1. The first-order valence-corrected chi connectivity index (χ1v) is 8.72. The van der Waals surface area contributed by atoms with Crippen molar-refractivity contribution in [3.8, 4) is 0 Å². The van der Waals surface area contributed by atoms with Crippen LogP contribution in [0.5, 0.6) is 0 Å². The van der Waals surface area contributed by atoms with Gasteiger partial charge in [0.25, 0.3) is 0 Å². The molecule has 2 aliphatic rings. The van der Waals surface area contributed by atoms with Crippen LogP contribution < -0.4 is 10.6 Å². The van der Waals surface area contributed by atoms with Crippen LogP contribution in [0.1, 0.15) is 24.0 Å². The van der Waals surface area contributed by atoms with Crippen molar-refractivity contribution in [1.82, 2.24) is 20.4 Å². The maximum absolute atomic E-state index is 12.3. The molecule has 6 heteroatoms. The van der Waals surface area contributed by atoms with Gasteiger partial charge in [-0.15, -0.1) is 0 Å². The van der Waals surface area contributed by atoms with Gasteiger partial charge in [-0.2, -0.15) is 0 Å². The number of carbonyl (C=O) groups excluding carboxylic acids is 2. The molecule has 1 aromatic rings. The molecule has 0 aromatic heterocycles. The topological polar surface area (TPSA) is 64.7 Å². The van der Waals surface area contributed by atoms with Crippen molar-refractivity contribution >= 4 is 11.9 Å². The van der Waals surface area contributed by atoms with E-state index in [1.54, 1.807) is 4.90 Å². The fourth-order valence-corrected chi connectivity index (χ4v) is 3.48. The standard InChI is InChI=1S/C18H26N4O2/c1-19-16-7-4-9-21(13-16)17(23)11-20-18(24)22-10-8-14-5-2-3-6-15(14)12-22/h2-3,5-6,16,19H,4,7-13H2,1H3,(H,20,24). The number of likely N-dealkylation sites (tertiary alicyclic amines) is 1. The number of nitrogens with zero attached hydrogens (tertiary/aromatic N) is 2. The molecule has 1 aromatic carbocycles. The Morgan fingerprint density at radius 3 is 2.75 bits per heavy atom. The molecule has 3 rings (SSSR count). The minimum Gasteiger partial charge on any atom is -0.340 e. The number of hydrogen-bond acceptors (Lipinski definition) is 3. The van der Waals surface area contributed by atoms with Crippen molar-refractivity contribution < 1.29 is 9.59 Å². The van der Waals surface area contributed by atoms with Crippen LogP contribution in [0.4, 0.5) is 4.79 Å². The minimum atomic E-state index is -0.153. The average molecular weight is 330 g/mol. The van der Waals surface area contributed by atoms with Crippen LogP contribution in [0.2, 0.25) is 0 Å². The maximum atomic E-state index is 12.3. The Balaban J connectivity index is 1.48. The number of benzene rings is 1. The van der Waals surface area contributed by atoms with Gasteiger partial charge in [0.2, 0.25) is 5.91 Å². The second-order valence-electron chi connectivity index (χ2n) is 6.57. The summed E-state index contributed by atoms with van der Waals surface area (Å²) in [5, 5.41) is 6.01. The molecule has 0 radical (unpaired) electrons. The van der Waals surface area contributed by atoms with E-state index < -0.39 is 0 Å². The summed E-state index contributed by atoms with van der Waals surface area (Å²) in [5.41, 5.74) is 2.50. The number of rotatable bonds is 3. The summed E-state index contributed by atoms with van der Waals surface area (Å²) in [7, 11) is 1.93. The van der Waals surface area contributed by atoms with Gasteiger partial charge in [-0.05, 0) is 37.4 Å². The number of fused-ring (bicyclic) bond motifs is 1. The van der Waals surface area contributed by atoms with Gasteiger partial charge in [0.1, 0.15) is 0 Å². The van der Waals surface area contributed by atoms with Gasteiger partial charge in [-0.3, -0.25) is 4.79 Å². The fourth-order valence-electron chi connectivity index (χ4n) is 3.48. The summed E-state index contributed by atoms with van der Waals surface area (Å²) in [6.45, 7) is 2.89. The number of nitrogens with one attached hydrogen (secondary N) is 2. The van der Waals surface area contributed by atoms with Crippen LogP contribution in [0, 0.1) is 0 Å². The largest absolute Gasteiger partial charge is 0.340 e. The van der Waals surface area contributed by atoms with E-state index in [1.807, 2.05) is 24.1 Å². The quantitative estimate of drug-likeness (QED) is 0.868. The van der Waals surface area contributed by atoms with Gasteiger partial charge in [-0.1, -0.05) is 24.3 Å². The monoisotopic (exact) mass is 330 g/mol. The third kappa shape index (κ3) is 3.87. The molecule has 24 heavy (non-hydrogen) atoms. The van der Waals surface area contributed by atoms with Gasteiger partial charge in [-0.25, -0.2) is 4.79 Å². The van der Waals surface area contributed by atoms with E-state index in [0.717, 1.165) is 32.4 Å². The third-order valence-electron chi connectivity index (χ3n) is 4.99. The predicted octanol–water partition coefficient (Wildman–Crippen LogP) is 0.965. The lowest BCUT2D eigenvalue weighted by atomic mass is 10.0. The first-order chi connectivity index (χ1) is 11.7. The van der Waals surface area contributed by atoms with E-state index in [9.17, 15) is 9.59 Å². The Morgan fingerprint density at radius 1 is 1.17 bits per heavy atom. The van der Waals surface area contributed by atoms with E-state index in [2.05, 4.69) is 22.8 Å². The first kappa shape index (κ1) is 16.8. The lowest BCUT2D eigenvalue weighted by molar-refractivity contribution is -0.131. The fraction of sp³-hybridized carbons (Fsp3) is 0.556. The molecule has 2 heterocycles. The zero-order valence-corrected chi connectivity index (χ0v) is 14.3. The van der Waals surface area contributed by atoms with Crippen molar-refractivity contribution in [2.75, 3.05) is 33.2 Å². The Hall–Kier alpha value is -2.08. The molecule has 0 aliphatic carbocycles. The number of hydrogen-bond donors (Lipinski definition) is 2. The second kappa shape index (κ2) is 7.66. The Morgan fingerprint density at radius 2 is 1.96 bits per heavy atom. The molecule has 2 aliphatic heterocycles. The van der Waals surface area contributed by atoms with Crippen molar-refractivity contribution in [2.45, 2.75) is 31.8 Å². The first-order valence-electron chi connectivity index (χ1n) is 8.72. The highest BCUT2D eigenvalue weighted by Gasteiger charge is 2.24. The van der Waals surface area contributed by atoms with Crippen molar-refractivity contribution in [3.63, 3.8) is 0 Å². The molecule has 0 spiro atoms. The molecule has 1 saturated heterocycles. The lowest BCUT2D eigenvalue weighted by Crippen LogP contribution is -2.51. The molecule has 1 atom stereocenters. The van der Waals surface area contributed by atoms with Gasteiger partial charge in [0, 0.05) is 32.2 Å². The molecule has 1 fully saturated rings. The summed E-state index contributed by atoms with van der Waals surface area (Å²) in [5.74, 6) is 0.000657. The molecular formula is C18H26N4O2. The number of likely N-dealkylation sites (N-methyl/N-ethyl adjacent to an activating group) is 1. The van der Waals surface area contributed by atoms with E-state index in [-0.39, 0.29) is 18.5 Å². The van der Waals surface area contributed by atoms with Crippen LogP contribution >= 0.6 is 0 Å². The molecule has 3 amide bonds. The highest BCUT2D eigenvalue weighted by molar-refractivity contribution is 5.84. The Kier molecular flexibility index (Phi) is 5.35. The number of urea groups is 1. The van der Waals surface area contributed by atoms with Crippen molar-refractivity contribution in [3.05, 3.63) is 35.4 Å². The lowest BCUT2D eigenvalue weighted by Gasteiger charge is -2.33. The average Bonchev–Trinajstić information content (AvgIpc) is 2.65. The summed E-state index contributed by atoms with van der Waals surface area (Å²) in [6.07, 6.45) is 2.97. The molecular weight excluding hydrogens is 304 g/mol. The molecule has 0 saturated carbocycles. The van der Waals surface area contributed by atoms with E-state index >= 15 is 0 Å². The summed E-state index contributed by atoms with van der Waals surface area (Å²) in [6, 6.07) is 8.41. The Bertz CT molecular complexity index is 604. The molecule has 6 nitrogen and oxygen atoms in total. The van der Waals surface area contributed by atoms with E-state index in [0.29, 0.717) is 19.1 Å². The number of piperidine rings is 1. The zero-order chi connectivity index (χ0) is 16.9. The van der Waals surface area contributed by atoms with Gasteiger partial charge < -0.3 is 20.4 Å². The van der Waals surface area contributed by atoms with Crippen molar-refractivity contribution in [1.29, 1.82) is 0 Å². The van der Waals surface area contributed by atoms with E-state index in [4.69, 9.17) is 0 Å². The summed E-state index contributed by atoms with van der Waals surface area (Å²) >= 11 is 0. The molecule has 130 valence electrons. The second-order valence-corrected chi connectivity index (χ2v) is 6.57. The summed E-state index contributed by atoms with van der Waals surface area (Å²) < 4.78 is 0. The van der Waals surface area contributed by atoms with Crippen LogP contribution in [0.15, 0.2) is 24.3 Å². The van der Waals surface area contributed by atoms with Crippen LogP contribution in [-0.2, 0) is 17.8 Å². The number of carbonyl (C=O) groups is 2. The molecule has 2 N–H and O–H groups in total.